The van der Waals surface area contributed by atoms with Crippen LogP contribution in [0.5, 0.6) is 5.75 Å². The molecule has 1 spiro atoms. The fraction of sp³-hybridized carbons (Fsp3) is 0.0645. The Morgan fingerprint density at radius 3 is 2.05 bits per heavy atom. The summed E-state index contributed by atoms with van der Waals surface area (Å²) in [5.74, 6) is 0.210. The average Bonchev–Trinajstić information content (AvgIpc) is 3.51. The number of hydrogen-bond donors (Lipinski definition) is 1. The van der Waals surface area contributed by atoms with Crippen LogP contribution in [0.25, 0.3) is 6.08 Å². The van der Waals surface area contributed by atoms with Gasteiger partial charge in [-0.25, -0.2) is 5.01 Å². The number of rotatable bonds is 6. The van der Waals surface area contributed by atoms with E-state index in [0.717, 1.165) is 17.0 Å². The second kappa shape index (κ2) is 11.0. The van der Waals surface area contributed by atoms with Crippen molar-refractivity contribution in [2.75, 3.05) is 22.3 Å². The molecule has 1 fully saturated rings. The topological polar surface area (TPSA) is 74.2 Å². The van der Waals surface area contributed by atoms with Gasteiger partial charge in [0.2, 0.25) is 4.33 Å². The number of ether oxygens (including phenoxy) is 1. The number of benzene rings is 4. The number of methoxy groups -OCH3 is 1. The highest BCUT2D eigenvalue weighted by Crippen LogP contribution is 2.59. The summed E-state index contributed by atoms with van der Waals surface area (Å²) in [6.45, 7) is 0. The van der Waals surface area contributed by atoms with Gasteiger partial charge in [0.05, 0.1) is 17.7 Å². The van der Waals surface area contributed by atoms with E-state index < -0.39 is 4.33 Å². The van der Waals surface area contributed by atoms with Gasteiger partial charge in [-0.2, -0.15) is 5.10 Å². The number of carbonyl (C=O) groups excluding carboxylic acids is 2. The molecule has 6 rings (SSSR count). The molecule has 2 amide bonds. The van der Waals surface area contributed by atoms with Gasteiger partial charge in [0, 0.05) is 11.4 Å². The summed E-state index contributed by atoms with van der Waals surface area (Å²) < 4.78 is 4.18. The van der Waals surface area contributed by atoms with Crippen LogP contribution in [-0.2, 0) is 9.59 Å². The number of amides is 2. The first-order valence-corrected chi connectivity index (χ1v) is 14.1. The lowest BCUT2D eigenvalue weighted by Gasteiger charge is -2.38. The maximum absolute atomic E-state index is 14.2. The molecule has 1 saturated heterocycles. The zero-order valence-corrected chi connectivity index (χ0v) is 23.1. The molecule has 2 aliphatic rings. The maximum atomic E-state index is 14.2. The fourth-order valence-electron chi connectivity index (χ4n) is 4.41. The largest absolute Gasteiger partial charge is 0.497 e. The van der Waals surface area contributed by atoms with Gasteiger partial charge in [-0.3, -0.25) is 14.5 Å². The smallest absolute Gasteiger partial charge is 0.282 e. The molecule has 0 unspecified atom stereocenters. The number of nitrogens with one attached hydrogen (secondary N) is 1. The molecular weight excluding hydrogens is 541 g/mol. The van der Waals surface area contributed by atoms with Gasteiger partial charge < -0.3 is 10.1 Å². The predicted octanol–water partition coefficient (Wildman–Crippen LogP) is 6.63. The van der Waals surface area contributed by atoms with Crippen molar-refractivity contribution in [3.05, 3.63) is 126 Å². The van der Waals surface area contributed by atoms with Crippen LogP contribution in [0.2, 0.25) is 0 Å². The predicted molar refractivity (Wildman–Crippen MR) is 164 cm³/mol. The summed E-state index contributed by atoms with van der Waals surface area (Å²) >= 11 is 2.62. The standard InChI is InChI=1S/C31H24N4O3S2/c1-38-26-19-17-22(18-20-26)21-27-30(37)34(24-13-7-3-8-14-24)31(39-27)35(25-15-9-4-10-16-25)33-29(40-31)28(36)32-23-11-5-2-6-12-23/h2-21H,1H3,(H,32,36)/b27-21-/t31-/m1/s1. The SMILES string of the molecule is COc1ccc(/C=C2\S[C@@]3(SC(C(=O)Nc4ccccc4)=NN3c3ccccc3)N(c3ccccc3)C2=O)cc1. The van der Waals surface area contributed by atoms with Gasteiger partial charge >= 0.3 is 0 Å². The summed E-state index contributed by atoms with van der Waals surface area (Å²) in [4.78, 5) is 29.9. The Bertz CT molecular complexity index is 1600. The molecule has 1 atom stereocenters. The van der Waals surface area contributed by atoms with Gasteiger partial charge in [-0.15, -0.1) is 0 Å². The first-order chi connectivity index (χ1) is 19.6. The molecule has 4 aromatic rings. The summed E-state index contributed by atoms with van der Waals surface area (Å²) in [5, 5.41) is 9.76. The van der Waals surface area contributed by atoms with Crippen molar-refractivity contribution < 1.29 is 14.3 Å². The summed E-state index contributed by atoms with van der Waals surface area (Å²) in [6.07, 6.45) is 1.86. The van der Waals surface area contributed by atoms with E-state index in [-0.39, 0.29) is 16.9 Å². The monoisotopic (exact) mass is 564 g/mol. The fourth-order valence-corrected chi connectivity index (χ4v) is 7.28. The molecule has 0 saturated carbocycles. The molecule has 2 aliphatic heterocycles. The second-order valence-corrected chi connectivity index (χ2v) is 11.5. The third kappa shape index (κ3) is 4.85. The van der Waals surface area contributed by atoms with Crippen LogP contribution in [0, 0.1) is 0 Å². The minimum absolute atomic E-state index is 0.180. The van der Waals surface area contributed by atoms with Crippen molar-refractivity contribution in [2.24, 2.45) is 5.10 Å². The summed E-state index contributed by atoms with van der Waals surface area (Å²) in [5.41, 5.74) is 2.98. The molecule has 4 aromatic carbocycles. The number of thioether (sulfide) groups is 2. The Morgan fingerprint density at radius 1 is 0.825 bits per heavy atom. The lowest BCUT2D eigenvalue weighted by molar-refractivity contribution is -0.114. The number of hydrogen-bond acceptors (Lipinski definition) is 7. The highest BCUT2D eigenvalue weighted by molar-refractivity contribution is 8.29. The Kier molecular flexibility index (Phi) is 7.06. The molecule has 1 N–H and O–H groups in total. The molecule has 0 radical (unpaired) electrons. The van der Waals surface area contributed by atoms with E-state index in [4.69, 9.17) is 9.84 Å². The third-order valence-corrected chi connectivity index (χ3v) is 9.00. The Balaban J connectivity index is 1.45. The lowest BCUT2D eigenvalue weighted by atomic mass is 10.2. The van der Waals surface area contributed by atoms with Crippen LogP contribution in [0.15, 0.2) is 125 Å². The molecule has 9 heteroatoms. The van der Waals surface area contributed by atoms with Crippen LogP contribution >= 0.6 is 23.5 Å². The van der Waals surface area contributed by atoms with Gasteiger partial charge in [-0.05, 0) is 71.9 Å². The quantitative estimate of drug-likeness (QED) is 0.265. The lowest BCUT2D eigenvalue weighted by Crippen LogP contribution is -2.51. The summed E-state index contributed by atoms with van der Waals surface area (Å²) in [7, 11) is 1.62. The van der Waals surface area contributed by atoms with Gasteiger partial charge in [-0.1, -0.05) is 78.5 Å². The van der Waals surface area contributed by atoms with Gasteiger partial charge in [0.25, 0.3) is 11.8 Å². The normalized spacial score (nSPS) is 19.3. The van der Waals surface area contributed by atoms with E-state index in [1.54, 1.807) is 17.0 Å². The number of anilines is 3. The first kappa shape index (κ1) is 25.8. The second-order valence-electron chi connectivity index (χ2n) is 8.88. The van der Waals surface area contributed by atoms with Crippen LogP contribution < -0.4 is 20.0 Å². The highest BCUT2D eigenvalue weighted by Gasteiger charge is 2.60. The van der Waals surface area contributed by atoms with Gasteiger partial charge in [0.1, 0.15) is 5.75 Å². The minimum Gasteiger partial charge on any atom is -0.497 e. The summed E-state index contributed by atoms with van der Waals surface area (Å²) in [6, 6.07) is 35.8. The molecule has 198 valence electrons. The van der Waals surface area contributed by atoms with Crippen LogP contribution in [0.4, 0.5) is 17.1 Å². The molecule has 40 heavy (non-hydrogen) atoms. The van der Waals surface area contributed by atoms with Gasteiger partial charge in [0.15, 0.2) is 5.04 Å². The molecule has 7 nitrogen and oxygen atoms in total. The van der Waals surface area contributed by atoms with E-state index in [1.807, 2.05) is 121 Å². The number of carbonyl (C=O) groups is 2. The van der Waals surface area contributed by atoms with Crippen molar-refractivity contribution in [3.63, 3.8) is 0 Å². The Morgan fingerprint density at radius 2 is 1.43 bits per heavy atom. The highest BCUT2D eigenvalue weighted by atomic mass is 32.2. The van der Waals surface area contributed by atoms with Crippen molar-refractivity contribution in [1.29, 1.82) is 0 Å². The van der Waals surface area contributed by atoms with Crippen molar-refractivity contribution >= 4 is 63.5 Å². The van der Waals surface area contributed by atoms with Crippen molar-refractivity contribution in [3.8, 4) is 5.75 Å². The van der Waals surface area contributed by atoms with E-state index in [0.29, 0.717) is 16.3 Å². The van der Waals surface area contributed by atoms with Crippen LogP contribution in [0.1, 0.15) is 5.56 Å². The van der Waals surface area contributed by atoms with Crippen LogP contribution in [0.3, 0.4) is 0 Å². The van der Waals surface area contributed by atoms with E-state index in [9.17, 15) is 9.59 Å². The molecule has 0 aliphatic carbocycles. The molecule has 0 aromatic heterocycles. The van der Waals surface area contributed by atoms with E-state index in [2.05, 4.69) is 5.32 Å². The third-order valence-electron chi connectivity index (χ3n) is 6.28. The zero-order valence-electron chi connectivity index (χ0n) is 21.4. The zero-order chi connectivity index (χ0) is 27.5. The van der Waals surface area contributed by atoms with E-state index in [1.165, 1.54) is 23.5 Å². The van der Waals surface area contributed by atoms with Crippen molar-refractivity contribution in [1.82, 2.24) is 0 Å². The van der Waals surface area contributed by atoms with E-state index >= 15 is 0 Å². The first-order valence-electron chi connectivity index (χ1n) is 12.5. The average molecular weight is 565 g/mol. The molecular formula is C31H24N4O3S2. The molecule has 2 heterocycles. The number of para-hydroxylation sites is 3. The minimum atomic E-state index is -1.11. The Hall–Kier alpha value is -4.47. The molecule has 0 bridgehead atoms. The Labute approximate surface area is 240 Å². The number of nitrogens with zero attached hydrogens (tertiary/aromatic N) is 3. The maximum Gasteiger partial charge on any atom is 0.282 e. The number of hydrazone groups is 1. The van der Waals surface area contributed by atoms with Crippen molar-refractivity contribution in [2.45, 2.75) is 4.33 Å². The van der Waals surface area contributed by atoms with Crippen LogP contribution in [-0.4, -0.2) is 28.3 Å².